The number of rotatable bonds is 1. The zero-order valence-corrected chi connectivity index (χ0v) is 23.4. The molecule has 7 aliphatic carbocycles. The average Bonchev–Trinajstić information content (AvgIpc) is 3.35. The molecule has 0 radical (unpaired) electrons. The topological polar surface area (TPSA) is 17.1 Å². The van der Waals surface area contributed by atoms with Crippen LogP contribution in [-0.2, 0) is 4.79 Å². The summed E-state index contributed by atoms with van der Waals surface area (Å²) in [6.07, 6.45) is 27.1. The van der Waals surface area contributed by atoms with Gasteiger partial charge in [0.1, 0.15) is 6.29 Å². The van der Waals surface area contributed by atoms with Gasteiger partial charge in [0, 0.05) is 11.3 Å². The summed E-state index contributed by atoms with van der Waals surface area (Å²) in [6, 6.07) is 8.76. The highest BCUT2D eigenvalue weighted by atomic mass is 16.1. The number of hydrogen-bond donors (Lipinski definition) is 0. The van der Waals surface area contributed by atoms with Crippen LogP contribution in [0.15, 0.2) is 48.1 Å². The van der Waals surface area contributed by atoms with Crippen molar-refractivity contribution in [2.45, 2.75) is 97.8 Å². The minimum absolute atomic E-state index is 0.346. The molecule has 1 unspecified atom stereocenters. The van der Waals surface area contributed by atoms with E-state index in [1.807, 2.05) is 0 Å². The van der Waals surface area contributed by atoms with E-state index in [0.717, 1.165) is 17.8 Å². The molecule has 0 aromatic heterocycles. The molecule has 0 aliphatic heterocycles. The minimum atomic E-state index is 0.346. The smallest absolute Gasteiger partial charge is 0.123 e. The Morgan fingerprint density at radius 2 is 1.76 bits per heavy atom. The van der Waals surface area contributed by atoms with Crippen LogP contribution in [0.4, 0.5) is 0 Å². The Labute approximate surface area is 224 Å². The van der Waals surface area contributed by atoms with Gasteiger partial charge in [-0.25, -0.2) is 0 Å². The second-order valence-electron chi connectivity index (χ2n) is 15.1. The summed E-state index contributed by atoms with van der Waals surface area (Å²) in [5.41, 5.74) is 7.99. The Hall–Kier alpha value is -1.89. The lowest BCUT2D eigenvalue weighted by Gasteiger charge is -2.64. The van der Waals surface area contributed by atoms with Crippen molar-refractivity contribution >= 4 is 17.9 Å². The maximum Gasteiger partial charge on any atom is 0.123 e. The molecule has 37 heavy (non-hydrogen) atoms. The predicted octanol–water partition coefficient (Wildman–Crippen LogP) is 9.44. The van der Waals surface area contributed by atoms with Gasteiger partial charge in [-0.2, -0.15) is 0 Å². The summed E-state index contributed by atoms with van der Waals surface area (Å²) in [4.78, 5) is 11.5. The van der Waals surface area contributed by atoms with Crippen LogP contribution in [0.2, 0.25) is 0 Å². The lowest BCUT2D eigenvalue weighted by Crippen LogP contribution is -2.55. The Bertz CT molecular complexity index is 1200. The van der Waals surface area contributed by atoms with Crippen molar-refractivity contribution in [2.75, 3.05) is 0 Å². The number of carbonyl (C=O) groups excluding carboxylic acids is 1. The molecule has 7 atom stereocenters. The van der Waals surface area contributed by atoms with Gasteiger partial charge in [-0.3, -0.25) is 0 Å². The van der Waals surface area contributed by atoms with Gasteiger partial charge in [0.25, 0.3) is 0 Å². The molecule has 0 heterocycles. The maximum absolute atomic E-state index is 11.5. The van der Waals surface area contributed by atoms with Crippen molar-refractivity contribution in [3.05, 3.63) is 59.2 Å². The molecular formula is C36H46O. The van der Waals surface area contributed by atoms with Crippen LogP contribution in [0.1, 0.15) is 109 Å². The quantitative estimate of drug-likeness (QED) is 0.355. The molecule has 1 aromatic rings. The zero-order chi connectivity index (χ0) is 25.5. The van der Waals surface area contributed by atoms with Crippen molar-refractivity contribution in [2.24, 2.45) is 45.3 Å². The highest BCUT2D eigenvalue weighted by molar-refractivity contribution is 5.85. The minimum Gasteiger partial charge on any atom is -0.303 e. The van der Waals surface area contributed by atoms with Gasteiger partial charge >= 0.3 is 0 Å². The molecule has 0 saturated heterocycles. The molecule has 0 amide bonds. The fourth-order valence-electron chi connectivity index (χ4n) is 11.4. The normalized spacial score (nSPS) is 43.6. The molecule has 5 fully saturated rings. The van der Waals surface area contributed by atoms with Gasteiger partial charge < -0.3 is 4.79 Å². The van der Waals surface area contributed by atoms with E-state index in [1.165, 1.54) is 94.5 Å². The van der Waals surface area contributed by atoms with Crippen molar-refractivity contribution in [1.29, 1.82) is 0 Å². The van der Waals surface area contributed by atoms with Gasteiger partial charge in [0.15, 0.2) is 0 Å². The molecule has 2 spiro atoms. The molecule has 4 bridgehead atoms. The second kappa shape index (κ2) is 8.30. The largest absolute Gasteiger partial charge is 0.303 e. The Morgan fingerprint density at radius 3 is 2.62 bits per heavy atom. The van der Waals surface area contributed by atoms with E-state index in [4.69, 9.17) is 0 Å². The highest BCUT2D eigenvalue weighted by Gasteiger charge is 2.63. The first-order valence-corrected chi connectivity index (χ1v) is 15.4. The monoisotopic (exact) mass is 494 g/mol. The second-order valence-corrected chi connectivity index (χ2v) is 15.1. The van der Waals surface area contributed by atoms with Crippen LogP contribution in [-0.4, -0.2) is 6.29 Å². The zero-order valence-electron chi connectivity index (χ0n) is 23.4. The van der Waals surface area contributed by atoms with Crippen molar-refractivity contribution in [1.82, 2.24) is 0 Å². The SMILES string of the molecule is C1=CC23CCC(=CC=C2c2ccccc21)C3.CC1(C)CCC[C@@]2(C)[C@H]1CC[C@]13C[C@H](CC[C@@H]12)[C@H](C=O)C3. The summed E-state index contributed by atoms with van der Waals surface area (Å²) in [6.45, 7) is 7.70. The Kier molecular flexibility index (Phi) is 5.42. The van der Waals surface area contributed by atoms with Crippen LogP contribution in [0, 0.1) is 45.3 Å². The Morgan fingerprint density at radius 1 is 0.892 bits per heavy atom. The first kappa shape index (κ1) is 24.2. The molecule has 1 nitrogen and oxygen atoms in total. The van der Waals surface area contributed by atoms with Gasteiger partial charge in [-0.15, -0.1) is 0 Å². The van der Waals surface area contributed by atoms with E-state index in [9.17, 15) is 4.79 Å². The molecule has 8 rings (SSSR count). The molecule has 1 heteroatoms. The first-order chi connectivity index (χ1) is 17.8. The van der Waals surface area contributed by atoms with Crippen LogP contribution >= 0.6 is 0 Å². The van der Waals surface area contributed by atoms with Crippen LogP contribution in [0.5, 0.6) is 0 Å². The van der Waals surface area contributed by atoms with E-state index in [1.54, 1.807) is 11.1 Å². The molecular weight excluding hydrogens is 448 g/mol. The molecule has 7 aliphatic rings. The third-order valence-electron chi connectivity index (χ3n) is 12.9. The molecule has 5 saturated carbocycles. The third-order valence-corrected chi connectivity index (χ3v) is 12.9. The summed E-state index contributed by atoms with van der Waals surface area (Å²) in [5, 5.41) is 0. The van der Waals surface area contributed by atoms with E-state index in [0.29, 0.717) is 27.6 Å². The first-order valence-electron chi connectivity index (χ1n) is 15.4. The van der Waals surface area contributed by atoms with E-state index < -0.39 is 0 Å². The van der Waals surface area contributed by atoms with Crippen molar-refractivity contribution in [3.8, 4) is 0 Å². The molecule has 1 aromatic carbocycles. The fraction of sp³-hybridized carbons (Fsp3) is 0.639. The predicted molar refractivity (Wildman–Crippen MR) is 154 cm³/mol. The Balaban J connectivity index is 0.000000129. The summed E-state index contributed by atoms with van der Waals surface area (Å²) < 4.78 is 0. The van der Waals surface area contributed by atoms with E-state index in [-0.39, 0.29) is 0 Å². The third kappa shape index (κ3) is 3.51. The maximum atomic E-state index is 11.5. The van der Waals surface area contributed by atoms with Gasteiger partial charge in [-0.05, 0) is 121 Å². The average molecular weight is 495 g/mol. The van der Waals surface area contributed by atoms with Gasteiger partial charge in [0.2, 0.25) is 0 Å². The van der Waals surface area contributed by atoms with Crippen LogP contribution in [0.3, 0.4) is 0 Å². The summed E-state index contributed by atoms with van der Waals surface area (Å²) in [5.74, 6) is 2.95. The van der Waals surface area contributed by atoms with Crippen molar-refractivity contribution in [3.63, 3.8) is 0 Å². The lowest BCUT2D eigenvalue weighted by atomic mass is 9.41. The summed E-state index contributed by atoms with van der Waals surface area (Å²) in [7, 11) is 0. The number of hydrogen-bond acceptors (Lipinski definition) is 1. The highest BCUT2D eigenvalue weighted by Crippen LogP contribution is 2.72. The van der Waals surface area contributed by atoms with Crippen LogP contribution < -0.4 is 0 Å². The standard InChI is InChI=1S/C20H32O.C16H14/c1-18(2)8-4-9-19(3)16(18)7-10-20-11-14(5-6-17(19)20)15(12-20)13-21;1-2-4-14-13(3-1)8-10-16-9-7-12(11-16)5-6-15(14)16/h13-17H,4-12H2,1-3H3;1-6,8,10H,7,9,11H2/t14-,15-,16-,17+,19-,20+;/m0./s1. The number of allylic oxidation sites excluding steroid dienone is 5. The molecule has 196 valence electrons. The number of fused-ring (bicyclic) bond motifs is 6. The van der Waals surface area contributed by atoms with E-state index in [2.05, 4.69) is 69.3 Å². The number of aldehydes is 1. The molecule has 0 N–H and O–H groups in total. The number of benzene rings is 1. The summed E-state index contributed by atoms with van der Waals surface area (Å²) >= 11 is 0. The van der Waals surface area contributed by atoms with Gasteiger partial charge in [-0.1, -0.05) is 81.3 Å². The lowest BCUT2D eigenvalue weighted by molar-refractivity contribution is -0.144. The van der Waals surface area contributed by atoms with Crippen LogP contribution in [0.25, 0.3) is 11.6 Å². The van der Waals surface area contributed by atoms with E-state index >= 15 is 0 Å². The van der Waals surface area contributed by atoms with Gasteiger partial charge in [0.05, 0.1) is 0 Å². The van der Waals surface area contributed by atoms with Crippen molar-refractivity contribution < 1.29 is 4.79 Å². The number of carbonyl (C=O) groups is 1. The fourth-order valence-corrected chi connectivity index (χ4v) is 11.4.